The number of unbranched alkanes of at least 4 members (excludes halogenated alkanes) is 1. The Morgan fingerprint density at radius 1 is 1.04 bits per heavy atom. The monoisotopic (exact) mass is 712 g/mol. The fourth-order valence-corrected chi connectivity index (χ4v) is 6.70. The quantitative estimate of drug-likeness (QED) is 0.131. The summed E-state index contributed by atoms with van der Waals surface area (Å²) in [5.41, 5.74) is -1.34. The number of amides is 1. The zero-order chi connectivity index (χ0) is 36.5. The molecule has 0 bridgehead atoms. The summed E-state index contributed by atoms with van der Waals surface area (Å²) in [4.78, 5) is 21.6. The van der Waals surface area contributed by atoms with E-state index in [9.17, 15) is 36.2 Å². The van der Waals surface area contributed by atoms with Crippen LogP contribution in [0.3, 0.4) is 0 Å². The third-order valence-electron chi connectivity index (χ3n) is 9.19. The maximum Gasteiger partial charge on any atom is 0.416 e. The number of pyridine rings is 1. The number of nitrogens with zero attached hydrogens (tertiary/aromatic N) is 7. The molecule has 1 fully saturated rings. The van der Waals surface area contributed by atoms with Gasteiger partial charge in [0, 0.05) is 50.8 Å². The standard InChI is InChI=1S/C35H34F6N8O2/c1-47-20-44-46-32(47)25-5-4-24(34(36,37)38)16-26(25)23-14-30(43-9-3-2-8-42)45-31(15-23)49-19-28-27(33(49)51)12-22(13-29(28)35(39,40)41)18-48-10-6-21(17-48)7-11-50/h4-5,12-16,20-21,50H,2-3,6-7,9-11,17-19H2,1H3,(H,43,45)/t21-/m0/s1. The summed E-state index contributed by atoms with van der Waals surface area (Å²) in [6.45, 7) is 1.28. The van der Waals surface area contributed by atoms with Crippen molar-refractivity contribution in [3.63, 3.8) is 0 Å². The van der Waals surface area contributed by atoms with Crippen LogP contribution in [0.5, 0.6) is 0 Å². The molecule has 2 aliphatic rings. The molecule has 4 heterocycles. The number of carbonyl (C=O) groups is 1. The lowest BCUT2D eigenvalue weighted by atomic mass is 9.96. The molecule has 1 atom stereocenters. The van der Waals surface area contributed by atoms with E-state index < -0.39 is 35.9 Å². The van der Waals surface area contributed by atoms with Crippen molar-refractivity contribution in [2.24, 2.45) is 13.0 Å². The Morgan fingerprint density at radius 2 is 1.84 bits per heavy atom. The Morgan fingerprint density at radius 3 is 2.53 bits per heavy atom. The lowest BCUT2D eigenvalue weighted by Gasteiger charge is -2.20. The highest BCUT2D eigenvalue weighted by atomic mass is 19.4. The number of halogens is 6. The van der Waals surface area contributed by atoms with Crippen LogP contribution in [0.1, 0.15) is 58.3 Å². The van der Waals surface area contributed by atoms with E-state index in [4.69, 9.17) is 5.26 Å². The van der Waals surface area contributed by atoms with Crippen LogP contribution in [0.2, 0.25) is 0 Å². The van der Waals surface area contributed by atoms with Crippen molar-refractivity contribution in [2.45, 2.75) is 51.1 Å². The average Bonchev–Trinajstić information content (AvgIpc) is 3.80. The number of anilines is 2. The van der Waals surface area contributed by atoms with Gasteiger partial charge in [-0.1, -0.05) is 0 Å². The van der Waals surface area contributed by atoms with Gasteiger partial charge >= 0.3 is 12.4 Å². The van der Waals surface area contributed by atoms with Crippen LogP contribution < -0.4 is 10.2 Å². The van der Waals surface area contributed by atoms with Gasteiger partial charge in [0.2, 0.25) is 0 Å². The number of aliphatic hydroxyl groups is 1. The number of nitriles is 1. The molecule has 0 unspecified atom stereocenters. The predicted molar refractivity (Wildman–Crippen MR) is 175 cm³/mol. The number of nitrogens with one attached hydrogen (secondary N) is 1. The molecule has 268 valence electrons. The highest BCUT2D eigenvalue weighted by molar-refractivity contribution is 6.10. The first-order valence-corrected chi connectivity index (χ1v) is 16.3. The number of rotatable bonds is 11. The third-order valence-corrected chi connectivity index (χ3v) is 9.19. The minimum absolute atomic E-state index is 0.0293. The summed E-state index contributed by atoms with van der Waals surface area (Å²) in [6, 6.07) is 10.5. The molecule has 4 aromatic rings. The Balaban J connectivity index is 1.43. The van der Waals surface area contributed by atoms with Crippen molar-refractivity contribution in [3.05, 3.63) is 76.6 Å². The SMILES string of the molecule is Cn1cnnc1-c1ccc(C(F)(F)F)cc1-c1cc(NCCCC#N)nc(N2Cc3c(cc(CN4CC[C@@H](CCO)C4)cc3C(F)(F)F)C2=O)c1. The molecular weight excluding hydrogens is 678 g/mol. The molecule has 51 heavy (non-hydrogen) atoms. The summed E-state index contributed by atoms with van der Waals surface area (Å²) < 4.78 is 87.1. The number of carbonyl (C=O) groups excluding carboxylic acids is 1. The number of benzene rings is 2. The molecule has 1 saturated heterocycles. The van der Waals surface area contributed by atoms with Crippen molar-refractivity contribution >= 4 is 17.5 Å². The minimum Gasteiger partial charge on any atom is -0.396 e. The van der Waals surface area contributed by atoms with Crippen LogP contribution in [0.25, 0.3) is 22.5 Å². The van der Waals surface area contributed by atoms with E-state index in [1.807, 2.05) is 11.0 Å². The fourth-order valence-electron chi connectivity index (χ4n) is 6.70. The average molecular weight is 713 g/mol. The molecule has 6 rings (SSSR count). The van der Waals surface area contributed by atoms with E-state index in [-0.39, 0.29) is 71.7 Å². The van der Waals surface area contributed by atoms with Gasteiger partial charge in [0.1, 0.15) is 18.0 Å². The number of hydrogen-bond acceptors (Lipinski definition) is 8. The van der Waals surface area contributed by atoms with Crippen LogP contribution in [-0.4, -0.2) is 61.9 Å². The van der Waals surface area contributed by atoms with Crippen molar-refractivity contribution in [1.29, 1.82) is 5.26 Å². The lowest BCUT2D eigenvalue weighted by molar-refractivity contribution is -0.138. The molecule has 10 nitrogen and oxygen atoms in total. The Hall–Kier alpha value is -5.01. The molecule has 2 N–H and O–H groups in total. The molecule has 0 spiro atoms. The molecule has 0 radical (unpaired) electrons. The first-order valence-electron chi connectivity index (χ1n) is 16.3. The van der Waals surface area contributed by atoms with Gasteiger partial charge < -0.3 is 15.0 Å². The highest BCUT2D eigenvalue weighted by Crippen LogP contribution is 2.42. The second-order valence-electron chi connectivity index (χ2n) is 12.8. The molecule has 2 aromatic heterocycles. The molecule has 2 aliphatic heterocycles. The van der Waals surface area contributed by atoms with E-state index in [0.29, 0.717) is 37.1 Å². The van der Waals surface area contributed by atoms with Crippen LogP contribution in [0.4, 0.5) is 38.0 Å². The van der Waals surface area contributed by atoms with Gasteiger partial charge in [0.15, 0.2) is 5.82 Å². The van der Waals surface area contributed by atoms with Crippen LogP contribution in [0.15, 0.2) is 48.8 Å². The first kappa shape index (κ1) is 35.8. The largest absolute Gasteiger partial charge is 0.416 e. The summed E-state index contributed by atoms with van der Waals surface area (Å²) in [7, 11) is 1.63. The first-order chi connectivity index (χ1) is 24.3. The van der Waals surface area contributed by atoms with E-state index in [0.717, 1.165) is 29.5 Å². The smallest absolute Gasteiger partial charge is 0.396 e. The van der Waals surface area contributed by atoms with E-state index in [1.165, 1.54) is 35.2 Å². The van der Waals surface area contributed by atoms with Crippen LogP contribution in [-0.2, 0) is 32.5 Å². The highest BCUT2D eigenvalue weighted by Gasteiger charge is 2.41. The Kier molecular flexibility index (Phi) is 10.0. The molecule has 2 aromatic carbocycles. The number of aryl methyl sites for hydroxylation is 1. The molecule has 0 aliphatic carbocycles. The maximum atomic E-state index is 14.5. The third kappa shape index (κ3) is 7.69. The second kappa shape index (κ2) is 14.3. The van der Waals surface area contributed by atoms with Gasteiger partial charge in [0.05, 0.1) is 23.7 Å². The molecular formula is C35H34F6N8O2. The number of hydrogen-bond donors (Lipinski definition) is 2. The van der Waals surface area contributed by atoms with Crippen LogP contribution in [0, 0.1) is 17.2 Å². The number of fused-ring (bicyclic) bond motifs is 1. The molecule has 1 amide bonds. The Bertz CT molecular complexity index is 1970. The van der Waals surface area contributed by atoms with Crippen molar-refractivity contribution in [1.82, 2.24) is 24.6 Å². The van der Waals surface area contributed by atoms with Crippen molar-refractivity contribution in [3.8, 4) is 28.6 Å². The van der Waals surface area contributed by atoms with E-state index in [1.54, 1.807) is 7.05 Å². The molecule has 16 heteroatoms. The number of alkyl halides is 6. The summed E-state index contributed by atoms with van der Waals surface area (Å²) >= 11 is 0. The zero-order valence-electron chi connectivity index (χ0n) is 27.5. The van der Waals surface area contributed by atoms with Gasteiger partial charge in [-0.3, -0.25) is 14.6 Å². The normalized spacial score (nSPS) is 16.5. The summed E-state index contributed by atoms with van der Waals surface area (Å²) in [5, 5.41) is 29.2. The summed E-state index contributed by atoms with van der Waals surface area (Å²) in [5.74, 6) is -0.161. The second-order valence-corrected chi connectivity index (χ2v) is 12.8. The molecule has 0 saturated carbocycles. The number of likely N-dealkylation sites (tertiary alicyclic amines) is 1. The summed E-state index contributed by atoms with van der Waals surface area (Å²) in [6.07, 6.45) is -6.05. The zero-order valence-corrected chi connectivity index (χ0v) is 27.5. The van der Waals surface area contributed by atoms with Gasteiger partial charge in [-0.05, 0) is 96.4 Å². The number of aliphatic hydroxyl groups excluding tert-OH is 1. The maximum absolute atomic E-state index is 14.5. The fraction of sp³-hybridized carbons (Fsp3) is 0.400. The van der Waals surface area contributed by atoms with Gasteiger partial charge in [0.25, 0.3) is 5.91 Å². The van der Waals surface area contributed by atoms with Gasteiger partial charge in [-0.15, -0.1) is 10.2 Å². The van der Waals surface area contributed by atoms with Gasteiger partial charge in [-0.2, -0.15) is 31.6 Å². The predicted octanol–water partition coefficient (Wildman–Crippen LogP) is 6.66. The van der Waals surface area contributed by atoms with Crippen LogP contribution >= 0.6 is 0 Å². The Labute approximate surface area is 289 Å². The van der Waals surface area contributed by atoms with Crippen molar-refractivity contribution in [2.75, 3.05) is 36.5 Å². The minimum atomic E-state index is -4.77. The number of aromatic nitrogens is 4. The lowest BCUT2D eigenvalue weighted by Crippen LogP contribution is -2.24. The van der Waals surface area contributed by atoms with E-state index >= 15 is 0 Å². The topological polar surface area (TPSA) is 123 Å². The van der Waals surface area contributed by atoms with Gasteiger partial charge in [-0.25, -0.2) is 4.98 Å². The van der Waals surface area contributed by atoms with E-state index in [2.05, 4.69) is 20.5 Å². The van der Waals surface area contributed by atoms with Crippen molar-refractivity contribution < 1.29 is 36.2 Å².